The van der Waals surface area contributed by atoms with Crippen molar-refractivity contribution in [2.45, 2.75) is 79.1 Å². The van der Waals surface area contributed by atoms with Gasteiger partial charge in [-0.3, -0.25) is 0 Å². The number of carbonyl (C=O) groups is 1. The molecule has 136 valence electrons. The number of carbonyl (C=O) groups excluding carboxylic acids is 1. The van der Waals surface area contributed by atoms with Crippen molar-refractivity contribution in [3.8, 4) is 0 Å². The molecule has 0 fully saturated rings. The highest BCUT2D eigenvalue weighted by molar-refractivity contribution is 5.69. The molecule has 5 N–H and O–H groups in total. The first-order valence-corrected chi connectivity index (χ1v) is 8.87. The number of hydrogen-bond acceptors (Lipinski definition) is 2. The topological polar surface area (TPSA) is 99.1 Å². The normalized spacial score (nSPS) is 10.4. The van der Waals surface area contributed by atoms with E-state index in [4.69, 9.17) is 4.79 Å². The van der Waals surface area contributed by atoms with Gasteiger partial charge < -0.3 is 21.4 Å². The zero-order valence-corrected chi connectivity index (χ0v) is 15.4. The Hall–Kier alpha value is -0.810. The number of primary amides is 2. The summed E-state index contributed by atoms with van der Waals surface area (Å²) in [5, 5.41) is 0. The Labute approximate surface area is 138 Å². The number of hydrogen-bond donors (Lipinski definition) is 2. The van der Waals surface area contributed by atoms with Gasteiger partial charge in [0.1, 0.15) is 0 Å². The lowest BCUT2D eigenvalue weighted by molar-refractivity contribution is -0.929. The van der Waals surface area contributed by atoms with Crippen molar-refractivity contribution in [2.75, 3.05) is 26.2 Å². The van der Waals surface area contributed by atoms with Crippen LogP contribution in [0.25, 0.3) is 0 Å². The summed E-state index contributed by atoms with van der Waals surface area (Å²) in [5.41, 5.74) is 8.50. The zero-order valence-electron chi connectivity index (χ0n) is 15.4. The minimum Gasteiger partial charge on any atom is -0.870 e. The standard InChI is InChI=1S/C16H36N.CH4N2O.H2O/c1-5-9-13-17(14-10-6-2,15-11-7-3)16-12-8-4;2-1(3)4;/h5-16H2,1-4H3;(H4,2,3,4);1H2/q+1;;/p-1. The molecule has 0 bridgehead atoms. The number of nitrogens with zero attached hydrogens (tertiary/aromatic N) is 1. The predicted octanol–water partition coefficient (Wildman–Crippen LogP) is 3.85. The summed E-state index contributed by atoms with van der Waals surface area (Å²) in [5.74, 6) is 0. The number of quaternary nitrogens is 1. The van der Waals surface area contributed by atoms with Gasteiger partial charge in [0.25, 0.3) is 0 Å². The fourth-order valence-corrected chi connectivity index (χ4v) is 2.64. The van der Waals surface area contributed by atoms with Crippen molar-refractivity contribution in [3.05, 3.63) is 0 Å². The van der Waals surface area contributed by atoms with Gasteiger partial charge in [-0.05, 0) is 25.7 Å². The van der Waals surface area contributed by atoms with Crippen LogP contribution in [0.1, 0.15) is 79.1 Å². The van der Waals surface area contributed by atoms with Crippen LogP contribution in [0.5, 0.6) is 0 Å². The summed E-state index contributed by atoms with van der Waals surface area (Å²) in [6, 6.07) is -0.833. The Morgan fingerprint density at radius 3 is 1.00 bits per heavy atom. The third kappa shape index (κ3) is 17.2. The molecule has 5 nitrogen and oxygen atoms in total. The molecule has 0 aromatic heterocycles. The van der Waals surface area contributed by atoms with Crippen LogP contribution >= 0.6 is 0 Å². The van der Waals surface area contributed by atoms with Crippen LogP contribution < -0.4 is 11.5 Å². The fourth-order valence-electron chi connectivity index (χ4n) is 2.64. The van der Waals surface area contributed by atoms with Gasteiger partial charge in [0.15, 0.2) is 0 Å². The maximum atomic E-state index is 9.00. The summed E-state index contributed by atoms with van der Waals surface area (Å²) >= 11 is 0. The molecule has 0 aromatic carbocycles. The van der Waals surface area contributed by atoms with Gasteiger partial charge in [-0.25, -0.2) is 4.79 Å². The van der Waals surface area contributed by atoms with Crippen LogP contribution in [0.2, 0.25) is 0 Å². The summed E-state index contributed by atoms with van der Waals surface area (Å²) in [7, 11) is 0. The summed E-state index contributed by atoms with van der Waals surface area (Å²) in [4.78, 5) is 9.00. The Bertz CT molecular complexity index is 194. The summed E-state index contributed by atoms with van der Waals surface area (Å²) < 4.78 is 1.42. The van der Waals surface area contributed by atoms with E-state index in [1.54, 1.807) is 0 Å². The van der Waals surface area contributed by atoms with Crippen molar-refractivity contribution in [3.63, 3.8) is 0 Å². The number of rotatable bonds is 12. The average molecular weight is 320 g/mol. The summed E-state index contributed by atoms with van der Waals surface area (Å²) in [6.07, 6.45) is 11.1. The monoisotopic (exact) mass is 319 g/mol. The molecular weight excluding hydrogens is 278 g/mol. The van der Waals surface area contributed by atoms with Crippen LogP contribution in [0, 0.1) is 0 Å². The van der Waals surface area contributed by atoms with E-state index in [2.05, 4.69) is 39.2 Å². The third-order valence-electron chi connectivity index (χ3n) is 3.94. The van der Waals surface area contributed by atoms with Crippen LogP contribution in [0.15, 0.2) is 0 Å². The van der Waals surface area contributed by atoms with Gasteiger partial charge in [-0.15, -0.1) is 0 Å². The second kappa shape index (κ2) is 18.2. The SMILES string of the molecule is CCCC[N+](CCCC)(CCCC)CCCC.NC(N)=O.[OH-]. The van der Waals surface area contributed by atoms with Gasteiger partial charge in [0.05, 0.1) is 26.2 Å². The lowest BCUT2D eigenvalue weighted by Gasteiger charge is -2.39. The second-order valence-corrected chi connectivity index (χ2v) is 6.05. The Balaban J connectivity index is -0.000000640. The number of unbranched alkanes of at least 4 members (excludes halogenated alkanes) is 4. The van der Waals surface area contributed by atoms with E-state index in [1.165, 1.54) is 82.0 Å². The Kier molecular flexibility index (Phi) is 21.6. The molecular formula is C17H41N3O2. The van der Waals surface area contributed by atoms with E-state index in [0.29, 0.717) is 0 Å². The van der Waals surface area contributed by atoms with E-state index in [0.717, 1.165) is 0 Å². The third-order valence-corrected chi connectivity index (χ3v) is 3.94. The summed E-state index contributed by atoms with van der Waals surface area (Å²) in [6.45, 7) is 15.0. The molecule has 0 aliphatic rings. The molecule has 0 spiro atoms. The molecule has 0 aliphatic heterocycles. The molecule has 0 aliphatic carbocycles. The molecule has 22 heavy (non-hydrogen) atoms. The molecule has 5 heteroatoms. The van der Waals surface area contributed by atoms with Crippen LogP contribution in [0.3, 0.4) is 0 Å². The molecule has 0 saturated carbocycles. The Morgan fingerprint density at radius 2 is 0.864 bits per heavy atom. The van der Waals surface area contributed by atoms with E-state index in [1.807, 2.05) is 0 Å². The largest absolute Gasteiger partial charge is 0.870 e. The fraction of sp³-hybridized carbons (Fsp3) is 0.941. The van der Waals surface area contributed by atoms with Crippen molar-refractivity contribution in [1.29, 1.82) is 0 Å². The molecule has 0 aromatic rings. The minimum atomic E-state index is -0.833. The number of amides is 2. The molecule has 0 unspecified atom stereocenters. The molecule has 0 rings (SSSR count). The number of nitrogens with two attached hydrogens (primary N) is 2. The van der Waals surface area contributed by atoms with Crippen LogP contribution in [0.4, 0.5) is 4.79 Å². The quantitative estimate of drug-likeness (QED) is 0.534. The van der Waals surface area contributed by atoms with Crippen LogP contribution in [-0.2, 0) is 0 Å². The van der Waals surface area contributed by atoms with E-state index >= 15 is 0 Å². The van der Waals surface area contributed by atoms with Gasteiger partial charge in [0, 0.05) is 0 Å². The van der Waals surface area contributed by atoms with Crippen LogP contribution in [-0.4, -0.2) is 42.2 Å². The van der Waals surface area contributed by atoms with Gasteiger partial charge in [-0.1, -0.05) is 53.4 Å². The van der Waals surface area contributed by atoms with Gasteiger partial charge in [0.2, 0.25) is 0 Å². The first kappa shape index (κ1) is 26.1. The maximum Gasteiger partial charge on any atom is 0.309 e. The lowest BCUT2D eigenvalue weighted by atomic mass is 10.1. The van der Waals surface area contributed by atoms with Crippen molar-refractivity contribution < 1.29 is 14.8 Å². The van der Waals surface area contributed by atoms with Gasteiger partial charge in [-0.2, -0.15) is 0 Å². The Morgan fingerprint density at radius 1 is 0.682 bits per heavy atom. The van der Waals surface area contributed by atoms with Gasteiger partial charge >= 0.3 is 6.03 Å². The smallest absolute Gasteiger partial charge is 0.309 e. The molecule has 2 amide bonds. The first-order valence-electron chi connectivity index (χ1n) is 8.87. The van der Waals surface area contributed by atoms with Crippen molar-refractivity contribution in [1.82, 2.24) is 0 Å². The first-order chi connectivity index (χ1) is 9.97. The maximum absolute atomic E-state index is 9.00. The lowest BCUT2D eigenvalue weighted by Crippen LogP contribution is -2.50. The molecule has 0 atom stereocenters. The predicted molar refractivity (Wildman–Crippen MR) is 95.1 cm³/mol. The van der Waals surface area contributed by atoms with Crippen molar-refractivity contribution >= 4 is 6.03 Å². The molecule has 0 heterocycles. The highest BCUT2D eigenvalue weighted by Crippen LogP contribution is 2.16. The number of urea groups is 1. The highest BCUT2D eigenvalue weighted by Gasteiger charge is 2.24. The molecule has 0 saturated heterocycles. The molecule has 0 radical (unpaired) electrons. The van der Waals surface area contributed by atoms with E-state index < -0.39 is 6.03 Å². The van der Waals surface area contributed by atoms with Crippen molar-refractivity contribution in [2.24, 2.45) is 11.5 Å². The van der Waals surface area contributed by atoms with E-state index in [9.17, 15) is 0 Å². The zero-order chi connectivity index (χ0) is 16.6. The average Bonchev–Trinajstić information content (AvgIpc) is 2.45. The minimum absolute atomic E-state index is 0. The highest BCUT2D eigenvalue weighted by atomic mass is 16.2. The second-order valence-electron chi connectivity index (χ2n) is 6.05. The van der Waals surface area contributed by atoms with E-state index in [-0.39, 0.29) is 5.48 Å².